The maximum atomic E-state index is 12.3. The Morgan fingerprint density at radius 2 is 1.70 bits per heavy atom. The van der Waals surface area contributed by atoms with Crippen molar-refractivity contribution < 1.29 is 24.6 Å². The molecule has 0 bridgehead atoms. The molecule has 1 saturated carbocycles. The number of carbonyl (C=O) groups is 3. The number of hydrogen-bond acceptors (Lipinski definition) is 5. The van der Waals surface area contributed by atoms with Crippen molar-refractivity contribution in [1.29, 1.82) is 0 Å². The minimum absolute atomic E-state index is 0.218. The Bertz CT molecular complexity index is 611. The summed E-state index contributed by atoms with van der Waals surface area (Å²) in [6.45, 7) is 2.97. The van der Waals surface area contributed by atoms with Gasteiger partial charge in [-0.15, -0.1) is 0 Å². The van der Waals surface area contributed by atoms with E-state index in [-0.39, 0.29) is 5.92 Å². The van der Waals surface area contributed by atoms with E-state index in [2.05, 4.69) is 21.3 Å². The lowest BCUT2D eigenvalue weighted by Crippen LogP contribution is -2.42. The second-order valence-corrected chi connectivity index (χ2v) is 7.01. The number of aliphatic carboxylic acids is 2. The second kappa shape index (κ2) is 10.6. The lowest BCUT2D eigenvalue weighted by molar-refractivity contribution is -0.159. The molecule has 27 heavy (non-hydrogen) atoms. The molecule has 8 nitrogen and oxygen atoms in total. The first-order chi connectivity index (χ1) is 13.0. The Kier molecular flexibility index (Phi) is 8.19. The topological polar surface area (TPSA) is 120 Å². The molecule has 2 heterocycles. The van der Waals surface area contributed by atoms with E-state index < -0.39 is 11.9 Å². The molecular weight excluding hydrogens is 350 g/mol. The highest BCUT2D eigenvalue weighted by molar-refractivity contribution is 6.27. The molecule has 8 heteroatoms. The Morgan fingerprint density at radius 1 is 1.07 bits per heavy atom. The van der Waals surface area contributed by atoms with Gasteiger partial charge < -0.3 is 15.5 Å². The van der Waals surface area contributed by atoms with Crippen LogP contribution in [0.3, 0.4) is 0 Å². The summed E-state index contributed by atoms with van der Waals surface area (Å²) in [5, 5.41) is 18.0. The molecule has 1 aliphatic heterocycles. The van der Waals surface area contributed by atoms with E-state index in [1.165, 1.54) is 31.2 Å². The number of rotatable bonds is 4. The average molecular weight is 377 g/mol. The number of amides is 1. The number of carbonyl (C=O) groups excluding carboxylic acids is 1. The van der Waals surface area contributed by atoms with Crippen LogP contribution in [0.4, 0.5) is 0 Å². The van der Waals surface area contributed by atoms with Crippen molar-refractivity contribution in [2.45, 2.75) is 51.1 Å². The largest absolute Gasteiger partial charge is 0.473 e. The van der Waals surface area contributed by atoms with Crippen molar-refractivity contribution in [1.82, 2.24) is 15.2 Å². The molecule has 0 atom stereocenters. The molecule has 1 aromatic rings. The summed E-state index contributed by atoms with van der Waals surface area (Å²) >= 11 is 0. The molecular formula is C19H27N3O5. The summed E-state index contributed by atoms with van der Waals surface area (Å²) in [6.07, 6.45) is 10.6. The van der Waals surface area contributed by atoms with Crippen LogP contribution in [0.1, 0.15) is 44.1 Å². The van der Waals surface area contributed by atoms with E-state index >= 15 is 0 Å². The molecule has 1 saturated heterocycles. The minimum atomic E-state index is -1.82. The third-order valence-electron chi connectivity index (χ3n) is 4.97. The number of nitrogens with zero attached hydrogens (tertiary/aromatic N) is 2. The van der Waals surface area contributed by atoms with Crippen LogP contribution in [0.5, 0.6) is 0 Å². The van der Waals surface area contributed by atoms with E-state index in [0.717, 1.165) is 32.5 Å². The Balaban J connectivity index is 0.000000380. The first-order valence-electron chi connectivity index (χ1n) is 9.33. The van der Waals surface area contributed by atoms with Crippen LogP contribution in [0.2, 0.25) is 0 Å². The lowest BCUT2D eigenvalue weighted by atomic mass is 9.95. The number of carboxylic acids is 2. The normalized spacial score (nSPS) is 18.4. The summed E-state index contributed by atoms with van der Waals surface area (Å²) in [7, 11) is 0. The number of nitrogens with one attached hydrogen (secondary N) is 1. The zero-order chi connectivity index (χ0) is 19.6. The molecule has 1 aromatic heterocycles. The van der Waals surface area contributed by atoms with E-state index in [9.17, 15) is 4.79 Å². The fourth-order valence-corrected chi connectivity index (χ4v) is 3.49. The average Bonchev–Trinajstić information content (AvgIpc) is 3.16. The summed E-state index contributed by atoms with van der Waals surface area (Å²) in [5.41, 5.74) is 1.26. The predicted molar refractivity (Wildman–Crippen MR) is 97.9 cm³/mol. The van der Waals surface area contributed by atoms with Gasteiger partial charge in [-0.25, -0.2) is 9.59 Å². The van der Waals surface area contributed by atoms with Gasteiger partial charge in [0.2, 0.25) is 5.91 Å². The first kappa shape index (κ1) is 20.8. The second-order valence-electron chi connectivity index (χ2n) is 7.01. The van der Waals surface area contributed by atoms with E-state index in [1.807, 2.05) is 18.5 Å². The Morgan fingerprint density at radius 3 is 2.22 bits per heavy atom. The number of carboxylic acid groups (broad SMARTS) is 2. The van der Waals surface area contributed by atoms with Gasteiger partial charge in [0.15, 0.2) is 0 Å². The third-order valence-corrected chi connectivity index (χ3v) is 4.97. The summed E-state index contributed by atoms with van der Waals surface area (Å²) in [5.74, 6) is -3.14. The van der Waals surface area contributed by atoms with Crippen molar-refractivity contribution in [3.05, 3.63) is 30.1 Å². The molecule has 0 radical (unpaired) electrons. The number of hydrogen-bond donors (Lipinski definition) is 3. The number of likely N-dealkylation sites (tertiary alicyclic amines) is 1. The van der Waals surface area contributed by atoms with Gasteiger partial charge in [0.1, 0.15) is 0 Å². The van der Waals surface area contributed by atoms with Gasteiger partial charge in [0.25, 0.3) is 0 Å². The fourth-order valence-electron chi connectivity index (χ4n) is 3.49. The van der Waals surface area contributed by atoms with Gasteiger partial charge in [-0.1, -0.05) is 18.9 Å². The van der Waals surface area contributed by atoms with Crippen LogP contribution in [-0.4, -0.2) is 57.1 Å². The van der Waals surface area contributed by atoms with Crippen molar-refractivity contribution in [3.8, 4) is 0 Å². The lowest BCUT2D eigenvalue weighted by Gasteiger charge is -2.31. The van der Waals surface area contributed by atoms with Crippen LogP contribution in [0, 0.1) is 5.92 Å². The van der Waals surface area contributed by atoms with Crippen LogP contribution < -0.4 is 5.32 Å². The SMILES string of the molecule is O=C(NC1CCCC1)C1CCN(Cc2cccnc2)CC1.O=C(O)C(=O)O. The standard InChI is InChI=1S/C17H25N3O.C2H2O4/c21-17(19-16-5-1-2-6-16)15-7-10-20(11-8-15)13-14-4-3-9-18-12-14;3-1(4)2(5)6/h3-4,9,12,15-16H,1-2,5-8,10-11,13H2,(H,19,21);(H,3,4)(H,5,6). The maximum absolute atomic E-state index is 12.3. The number of aromatic nitrogens is 1. The van der Waals surface area contributed by atoms with Crippen molar-refractivity contribution >= 4 is 17.8 Å². The monoisotopic (exact) mass is 377 g/mol. The van der Waals surface area contributed by atoms with Crippen LogP contribution in [0.15, 0.2) is 24.5 Å². The van der Waals surface area contributed by atoms with Gasteiger partial charge in [0, 0.05) is 30.9 Å². The minimum Gasteiger partial charge on any atom is -0.473 e. The van der Waals surface area contributed by atoms with Gasteiger partial charge in [-0.05, 0) is 50.4 Å². The Labute approximate surface area is 158 Å². The van der Waals surface area contributed by atoms with Gasteiger partial charge in [-0.2, -0.15) is 0 Å². The van der Waals surface area contributed by atoms with Crippen molar-refractivity contribution in [2.75, 3.05) is 13.1 Å². The highest BCUT2D eigenvalue weighted by Crippen LogP contribution is 2.22. The molecule has 0 unspecified atom stereocenters. The summed E-state index contributed by atoms with van der Waals surface area (Å²) < 4.78 is 0. The van der Waals surface area contributed by atoms with Gasteiger partial charge in [-0.3, -0.25) is 14.7 Å². The molecule has 3 rings (SSSR count). The van der Waals surface area contributed by atoms with Gasteiger partial charge >= 0.3 is 11.9 Å². The summed E-state index contributed by atoms with van der Waals surface area (Å²) in [6, 6.07) is 4.55. The maximum Gasteiger partial charge on any atom is 0.414 e. The molecule has 2 fully saturated rings. The smallest absolute Gasteiger partial charge is 0.414 e. The molecule has 3 N–H and O–H groups in total. The van der Waals surface area contributed by atoms with Crippen LogP contribution >= 0.6 is 0 Å². The fraction of sp³-hybridized carbons (Fsp3) is 0.579. The zero-order valence-electron chi connectivity index (χ0n) is 15.3. The Hall–Kier alpha value is -2.48. The van der Waals surface area contributed by atoms with E-state index in [0.29, 0.717) is 11.9 Å². The molecule has 0 spiro atoms. The third kappa shape index (κ3) is 7.34. The van der Waals surface area contributed by atoms with Crippen molar-refractivity contribution in [2.24, 2.45) is 5.92 Å². The zero-order valence-corrected chi connectivity index (χ0v) is 15.3. The molecule has 148 valence electrons. The van der Waals surface area contributed by atoms with Crippen LogP contribution in [-0.2, 0) is 20.9 Å². The molecule has 0 aromatic carbocycles. The highest BCUT2D eigenvalue weighted by Gasteiger charge is 2.27. The number of piperidine rings is 1. The highest BCUT2D eigenvalue weighted by atomic mass is 16.4. The van der Waals surface area contributed by atoms with E-state index in [4.69, 9.17) is 19.8 Å². The van der Waals surface area contributed by atoms with E-state index in [1.54, 1.807) is 0 Å². The molecule has 1 amide bonds. The quantitative estimate of drug-likeness (QED) is 0.680. The van der Waals surface area contributed by atoms with Crippen LogP contribution in [0.25, 0.3) is 0 Å². The van der Waals surface area contributed by atoms with Crippen molar-refractivity contribution in [3.63, 3.8) is 0 Å². The predicted octanol–water partition coefficient (Wildman–Crippen LogP) is 1.51. The summed E-state index contributed by atoms with van der Waals surface area (Å²) in [4.78, 5) is 37.1. The molecule has 1 aliphatic carbocycles. The number of pyridine rings is 1. The first-order valence-corrected chi connectivity index (χ1v) is 9.33. The molecule has 2 aliphatic rings. The van der Waals surface area contributed by atoms with Gasteiger partial charge in [0.05, 0.1) is 0 Å².